The fraction of sp³-hybridized carbons (Fsp3) is 0.600. The van der Waals surface area contributed by atoms with Gasteiger partial charge in [0.15, 0.2) is 0 Å². The first kappa shape index (κ1) is 15.6. The lowest BCUT2D eigenvalue weighted by molar-refractivity contribution is -0.121. The number of anilines is 1. The second-order valence-electron chi connectivity index (χ2n) is 5.90. The van der Waals surface area contributed by atoms with Crippen LogP contribution in [0.5, 0.6) is 0 Å². The lowest BCUT2D eigenvalue weighted by Gasteiger charge is -2.31. The fourth-order valence-corrected chi connectivity index (χ4v) is 3.25. The lowest BCUT2D eigenvalue weighted by atomic mass is 10.2. The molecule has 6 nitrogen and oxygen atoms in total. The van der Waals surface area contributed by atoms with Gasteiger partial charge in [-0.2, -0.15) is 0 Å². The predicted molar refractivity (Wildman–Crippen MR) is 80.6 cm³/mol. The van der Waals surface area contributed by atoms with E-state index in [1.165, 1.54) is 6.20 Å². The summed E-state index contributed by atoms with van der Waals surface area (Å²) in [5.74, 6) is -1.21. The monoisotopic (exact) mass is 293 g/mol. The molecular formula is C15H23N3O3. The fourth-order valence-electron chi connectivity index (χ4n) is 3.25. The molecule has 1 aliphatic rings. The van der Waals surface area contributed by atoms with E-state index in [1.807, 2.05) is 6.92 Å². The van der Waals surface area contributed by atoms with Gasteiger partial charge in [-0.1, -0.05) is 0 Å². The summed E-state index contributed by atoms with van der Waals surface area (Å²) in [7, 11) is 0. The van der Waals surface area contributed by atoms with Crippen LogP contribution >= 0.6 is 0 Å². The number of aromatic amines is 1. The van der Waals surface area contributed by atoms with E-state index in [2.05, 4.69) is 29.0 Å². The predicted octanol–water partition coefficient (Wildman–Crippen LogP) is 2.22. The first-order valence-corrected chi connectivity index (χ1v) is 7.32. The lowest BCUT2D eigenvalue weighted by Crippen LogP contribution is -2.46. The number of carboxylic acids is 1. The van der Waals surface area contributed by atoms with Crippen LogP contribution in [0.1, 0.15) is 49.7 Å². The van der Waals surface area contributed by atoms with Crippen LogP contribution in [-0.4, -0.2) is 45.0 Å². The molecule has 21 heavy (non-hydrogen) atoms. The minimum Gasteiger partial charge on any atom is -0.478 e. The SMILES string of the molecule is Cc1[nH]cc(NC(=O)C(C)N2C(C)CCC2C)c1C(=O)O. The Balaban J connectivity index is 2.13. The van der Waals surface area contributed by atoms with Crippen molar-refractivity contribution in [1.29, 1.82) is 0 Å². The van der Waals surface area contributed by atoms with Crippen LogP contribution in [0.3, 0.4) is 0 Å². The second kappa shape index (κ2) is 5.89. The van der Waals surface area contributed by atoms with Gasteiger partial charge in [0.2, 0.25) is 5.91 Å². The molecule has 2 rings (SSSR count). The smallest absolute Gasteiger partial charge is 0.339 e. The van der Waals surface area contributed by atoms with Gasteiger partial charge in [-0.25, -0.2) is 4.79 Å². The van der Waals surface area contributed by atoms with Crippen molar-refractivity contribution in [1.82, 2.24) is 9.88 Å². The number of H-pyrrole nitrogens is 1. The average molecular weight is 293 g/mol. The van der Waals surface area contributed by atoms with Gasteiger partial charge in [0.05, 0.1) is 11.7 Å². The number of carbonyl (C=O) groups excluding carboxylic acids is 1. The van der Waals surface area contributed by atoms with E-state index in [1.54, 1.807) is 6.92 Å². The number of aryl methyl sites for hydroxylation is 1. The van der Waals surface area contributed by atoms with Crippen molar-refractivity contribution in [2.24, 2.45) is 0 Å². The molecule has 0 bridgehead atoms. The van der Waals surface area contributed by atoms with Crippen molar-refractivity contribution in [2.75, 3.05) is 5.32 Å². The highest BCUT2D eigenvalue weighted by Gasteiger charge is 2.34. The summed E-state index contributed by atoms with van der Waals surface area (Å²) in [6.07, 6.45) is 3.70. The summed E-state index contributed by atoms with van der Waals surface area (Å²) in [6.45, 7) is 7.79. The Kier molecular flexibility index (Phi) is 4.37. The molecule has 3 N–H and O–H groups in total. The zero-order valence-corrected chi connectivity index (χ0v) is 12.9. The maximum absolute atomic E-state index is 12.4. The number of hydrogen-bond acceptors (Lipinski definition) is 3. The zero-order chi connectivity index (χ0) is 15.7. The summed E-state index contributed by atoms with van der Waals surface area (Å²) in [6, 6.07) is 0.453. The number of likely N-dealkylation sites (tertiary alicyclic amines) is 1. The summed E-state index contributed by atoms with van der Waals surface area (Å²) in [5, 5.41) is 11.9. The third-order valence-electron chi connectivity index (χ3n) is 4.40. The van der Waals surface area contributed by atoms with Gasteiger partial charge in [0.25, 0.3) is 0 Å². The normalized spacial score (nSPS) is 24.0. The highest BCUT2D eigenvalue weighted by atomic mass is 16.4. The van der Waals surface area contributed by atoms with E-state index in [0.29, 0.717) is 23.5 Å². The van der Waals surface area contributed by atoms with Crippen LogP contribution in [0.2, 0.25) is 0 Å². The molecule has 2 heterocycles. The molecule has 6 heteroatoms. The molecule has 116 valence electrons. The van der Waals surface area contributed by atoms with Crippen LogP contribution in [-0.2, 0) is 4.79 Å². The van der Waals surface area contributed by atoms with Crippen LogP contribution in [0, 0.1) is 6.92 Å². The number of rotatable bonds is 4. The molecule has 1 saturated heterocycles. The highest BCUT2D eigenvalue weighted by molar-refractivity contribution is 6.02. The molecule has 1 amide bonds. The van der Waals surface area contributed by atoms with E-state index < -0.39 is 5.97 Å². The van der Waals surface area contributed by atoms with Crippen LogP contribution < -0.4 is 5.32 Å². The first-order chi connectivity index (χ1) is 9.82. The van der Waals surface area contributed by atoms with Crippen LogP contribution in [0.4, 0.5) is 5.69 Å². The Hall–Kier alpha value is -1.82. The van der Waals surface area contributed by atoms with Crippen molar-refractivity contribution in [2.45, 2.75) is 58.7 Å². The number of aromatic nitrogens is 1. The number of carboxylic acid groups (broad SMARTS) is 1. The number of amides is 1. The van der Waals surface area contributed by atoms with Crippen LogP contribution in [0.15, 0.2) is 6.20 Å². The molecular weight excluding hydrogens is 270 g/mol. The topological polar surface area (TPSA) is 85.4 Å². The molecule has 3 atom stereocenters. The van der Waals surface area contributed by atoms with E-state index in [-0.39, 0.29) is 17.5 Å². The van der Waals surface area contributed by atoms with Crippen LogP contribution in [0.25, 0.3) is 0 Å². The number of hydrogen-bond donors (Lipinski definition) is 3. The van der Waals surface area contributed by atoms with E-state index >= 15 is 0 Å². The molecule has 1 aromatic rings. The number of carbonyl (C=O) groups is 2. The number of aromatic carboxylic acids is 1. The molecule has 0 spiro atoms. The molecule has 0 aliphatic carbocycles. The largest absolute Gasteiger partial charge is 0.478 e. The maximum atomic E-state index is 12.4. The third kappa shape index (κ3) is 2.95. The Morgan fingerprint density at radius 3 is 2.48 bits per heavy atom. The van der Waals surface area contributed by atoms with Gasteiger partial charge in [-0.15, -0.1) is 0 Å². The molecule has 0 radical (unpaired) electrons. The summed E-state index contributed by atoms with van der Waals surface area (Å²) in [5.41, 5.74) is 0.989. The molecule has 3 unspecified atom stereocenters. The average Bonchev–Trinajstić information content (AvgIpc) is 2.92. The quantitative estimate of drug-likeness (QED) is 0.794. The Bertz CT molecular complexity index is 542. The first-order valence-electron chi connectivity index (χ1n) is 7.32. The Morgan fingerprint density at radius 2 is 1.95 bits per heavy atom. The van der Waals surface area contributed by atoms with Gasteiger partial charge in [0.1, 0.15) is 5.56 Å². The highest BCUT2D eigenvalue weighted by Crippen LogP contribution is 2.27. The third-order valence-corrected chi connectivity index (χ3v) is 4.40. The summed E-state index contributed by atoms with van der Waals surface area (Å²) >= 11 is 0. The minimum atomic E-state index is -1.04. The van der Waals surface area contributed by atoms with Gasteiger partial charge in [-0.05, 0) is 40.5 Å². The van der Waals surface area contributed by atoms with E-state index in [4.69, 9.17) is 0 Å². The molecule has 0 aromatic carbocycles. The van der Waals surface area contributed by atoms with Crippen molar-refractivity contribution in [3.05, 3.63) is 17.5 Å². The molecule has 0 saturated carbocycles. The van der Waals surface area contributed by atoms with Crippen molar-refractivity contribution >= 4 is 17.6 Å². The van der Waals surface area contributed by atoms with Gasteiger partial charge in [0, 0.05) is 24.0 Å². The van der Waals surface area contributed by atoms with Gasteiger partial charge in [-0.3, -0.25) is 9.69 Å². The second-order valence-corrected chi connectivity index (χ2v) is 5.90. The van der Waals surface area contributed by atoms with Crippen molar-refractivity contribution < 1.29 is 14.7 Å². The minimum absolute atomic E-state index is 0.123. The van der Waals surface area contributed by atoms with Gasteiger partial charge < -0.3 is 15.4 Å². The Labute approximate surface area is 124 Å². The van der Waals surface area contributed by atoms with E-state index in [9.17, 15) is 14.7 Å². The number of nitrogens with one attached hydrogen (secondary N) is 2. The van der Waals surface area contributed by atoms with Gasteiger partial charge >= 0.3 is 5.97 Å². The van der Waals surface area contributed by atoms with E-state index in [0.717, 1.165) is 12.8 Å². The standard InChI is InChI=1S/C15H23N3O3/c1-8-5-6-9(2)18(8)11(4)14(19)17-12-7-16-10(3)13(12)15(20)21/h7-9,11,16H,5-6H2,1-4H3,(H,17,19)(H,20,21). The Morgan fingerprint density at radius 1 is 1.38 bits per heavy atom. The van der Waals surface area contributed by atoms with Crippen molar-refractivity contribution in [3.63, 3.8) is 0 Å². The molecule has 1 aliphatic heterocycles. The maximum Gasteiger partial charge on any atom is 0.339 e. The zero-order valence-electron chi connectivity index (χ0n) is 12.9. The summed E-state index contributed by atoms with van der Waals surface area (Å²) < 4.78 is 0. The van der Waals surface area contributed by atoms with Crippen molar-refractivity contribution in [3.8, 4) is 0 Å². The number of nitrogens with zero attached hydrogens (tertiary/aromatic N) is 1. The molecule has 1 fully saturated rings. The molecule has 1 aromatic heterocycles. The summed E-state index contributed by atoms with van der Waals surface area (Å²) in [4.78, 5) is 28.7.